The lowest BCUT2D eigenvalue weighted by Crippen LogP contribution is -2.29. The van der Waals surface area contributed by atoms with Gasteiger partial charge in [0.1, 0.15) is 5.75 Å². The lowest BCUT2D eigenvalue weighted by atomic mass is 10.3. The fraction of sp³-hybridized carbons (Fsp3) is 0.667. The summed E-state index contributed by atoms with van der Waals surface area (Å²) in [6.45, 7) is 3.26. The molecule has 2 heterocycles. The normalized spacial score (nSPS) is 19.5. The van der Waals surface area contributed by atoms with E-state index in [4.69, 9.17) is 4.74 Å². The average Bonchev–Trinajstić information content (AvgIpc) is 2.51. The van der Waals surface area contributed by atoms with Crippen LogP contribution in [0.4, 0.5) is 0 Å². The Labute approximate surface area is 141 Å². The summed E-state index contributed by atoms with van der Waals surface area (Å²) >= 11 is 6.25. The van der Waals surface area contributed by atoms with Crippen molar-refractivity contribution in [3.05, 3.63) is 24.0 Å². The van der Waals surface area contributed by atoms with E-state index in [9.17, 15) is 0 Å². The second-order valence-corrected chi connectivity index (χ2v) is 8.48. The number of hydrogen-bond acceptors (Lipinski definition) is 6. The lowest BCUT2D eigenvalue weighted by Gasteiger charge is -2.22. The molecule has 0 bridgehead atoms. The van der Waals surface area contributed by atoms with Crippen LogP contribution in [0, 0.1) is 0 Å². The zero-order chi connectivity index (χ0) is 14.8. The molecular weight excluding hydrogens is 320 g/mol. The Morgan fingerprint density at radius 1 is 1.00 bits per heavy atom. The molecule has 1 fully saturated rings. The van der Waals surface area contributed by atoms with Gasteiger partial charge in [-0.3, -0.25) is 9.88 Å². The minimum Gasteiger partial charge on any atom is -0.495 e. The molecular formula is C15H24N2OS3. The Kier molecular flexibility index (Phi) is 8.78. The maximum atomic E-state index is 5.17. The molecule has 1 aromatic rings. The largest absolute Gasteiger partial charge is 0.495 e. The summed E-state index contributed by atoms with van der Waals surface area (Å²) in [4.78, 5) is 7.02. The van der Waals surface area contributed by atoms with Crippen LogP contribution >= 0.6 is 35.3 Å². The van der Waals surface area contributed by atoms with Crippen molar-refractivity contribution >= 4 is 35.3 Å². The van der Waals surface area contributed by atoms with Crippen molar-refractivity contribution in [2.45, 2.75) is 6.54 Å². The molecule has 1 aromatic heterocycles. The Balaban J connectivity index is 1.84. The summed E-state index contributed by atoms with van der Waals surface area (Å²) in [5, 5.41) is 0. The van der Waals surface area contributed by atoms with Gasteiger partial charge in [-0.15, -0.1) is 0 Å². The first-order chi connectivity index (χ1) is 10.4. The van der Waals surface area contributed by atoms with Crippen LogP contribution in [0.5, 0.6) is 5.75 Å². The zero-order valence-electron chi connectivity index (χ0n) is 12.6. The monoisotopic (exact) mass is 344 g/mol. The van der Waals surface area contributed by atoms with E-state index in [0.29, 0.717) is 0 Å². The summed E-state index contributed by atoms with van der Waals surface area (Å²) in [7, 11) is 1.68. The van der Waals surface area contributed by atoms with Gasteiger partial charge in [0.25, 0.3) is 0 Å². The van der Waals surface area contributed by atoms with Gasteiger partial charge < -0.3 is 4.74 Å². The van der Waals surface area contributed by atoms with Gasteiger partial charge in [0.05, 0.1) is 19.0 Å². The molecule has 0 N–H and O–H groups in total. The third-order valence-electron chi connectivity index (χ3n) is 3.27. The van der Waals surface area contributed by atoms with E-state index in [1.807, 2.05) is 12.3 Å². The van der Waals surface area contributed by atoms with Crippen molar-refractivity contribution in [3.63, 3.8) is 0 Å². The van der Waals surface area contributed by atoms with Gasteiger partial charge in [0.2, 0.25) is 0 Å². The van der Waals surface area contributed by atoms with E-state index in [-0.39, 0.29) is 0 Å². The number of pyridine rings is 1. The molecule has 0 aliphatic carbocycles. The molecule has 0 unspecified atom stereocenters. The van der Waals surface area contributed by atoms with Crippen molar-refractivity contribution in [1.29, 1.82) is 0 Å². The minimum atomic E-state index is 0.830. The van der Waals surface area contributed by atoms with Crippen molar-refractivity contribution in [3.8, 4) is 5.75 Å². The zero-order valence-corrected chi connectivity index (χ0v) is 15.1. The highest BCUT2D eigenvalue weighted by Crippen LogP contribution is 2.14. The number of nitrogens with zero attached hydrogens (tertiary/aromatic N) is 2. The molecule has 21 heavy (non-hydrogen) atoms. The van der Waals surface area contributed by atoms with E-state index < -0.39 is 0 Å². The first kappa shape index (κ1) is 17.3. The summed E-state index contributed by atoms with van der Waals surface area (Å²) < 4.78 is 5.17. The first-order valence-corrected chi connectivity index (χ1v) is 10.8. The molecule has 0 saturated carbocycles. The molecule has 1 aliphatic heterocycles. The number of hydrogen-bond donors (Lipinski definition) is 0. The minimum absolute atomic E-state index is 0.830. The first-order valence-electron chi connectivity index (χ1n) is 7.33. The predicted octanol–water partition coefficient (Wildman–Crippen LogP) is 3.11. The maximum absolute atomic E-state index is 5.17. The second-order valence-electron chi connectivity index (χ2n) is 4.80. The SMILES string of the molecule is COc1ccc(CN2CCSCCSCCSCC2)nc1. The molecule has 2 rings (SSSR count). The number of thioether (sulfide) groups is 3. The van der Waals surface area contributed by atoms with Gasteiger partial charge in [-0.05, 0) is 12.1 Å². The highest BCUT2D eigenvalue weighted by molar-refractivity contribution is 8.04. The van der Waals surface area contributed by atoms with Gasteiger partial charge in [-0.1, -0.05) is 0 Å². The predicted molar refractivity (Wildman–Crippen MR) is 98.0 cm³/mol. The van der Waals surface area contributed by atoms with Crippen LogP contribution in [0.1, 0.15) is 5.69 Å². The standard InChI is InChI=1S/C15H24N2OS3/c1-18-15-3-2-14(16-12-15)13-17-4-6-19-8-10-21-11-9-20-7-5-17/h2-3,12H,4-11,13H2,1H3. The maximum Gasteiger partial charge on any atom is 0.137 e. The van der Waals surface area contributed by atoms with Crippen LogP contribution in [-0.2, 0) is 6.54 Å². The van der Waals surface area contributed by atoms with Crippen molar-refractivity contribution in [2.75, 3.05) is 54.7 Å². The highest BCUT2D eigenvalue weighted by atomic mass is 32.2. The Morgan fingerprint density at radius 3 is 2.14 bits per heavy atom. The highest BCUT2D eigenvalue weighted by Gasteiger charge is 2.08. The van der Waals surface area contributed by atoms with Crippen LogP contribution in [0.2, 0.25) is 0 Å². The average molecular weight is 345 g/mol. The van der Waals surface area contributed by atoms with Crippen LogP contribution in [0.25, 0.3) is 0 Å². The van der Waals surface area contributed by atoms with Gasteiger partial charge in [0.15, 0.2) is 0 Å². The summed E-state index contributed by atoms with van der Waals surface area (Å²) in [6.07, 6.45) is 1.81. The smallest absolute Gasteiger partial charge is 0.137 e. The molecule has 0 radical (unpaired) electrons. The van der Waals surface area contributed by atoms with Crippen LogP contribution in [0.15, 0.2) is 18.3 Å². The Bertz CT molecular complexity index is 377. The number of ether oxygens (including phenoxy) is 1. The number of rotatable bonds is 3. The van der Waals surface area contributed by atoms with E-state index in [1.54, 1.807) is 7.11 Å². The van der Waals surface area contributed by atoms with Crippen LogP contribution in [-0.4, -0.2) is 64.6 Å². The summed E-state index contributed by atoms with van der Waals surface area (Å²) in [5.74, 6) is 8.43. The van der Waals surface area contributed by atoms with Crippen molar-refractivity contribution < 1.29 is 4.74 Å². The Hall–Kier alpha value is -0.0400. The fourth-order valence-corrected chi connectivity index (χ4v) is 5.33. The van der Waals surface area contributed by atoms with Crippen molar-refractivity contribution in [2.24, 2.45) is 0 Å². The summed E-state index contributed by atoms with van der Waals surface area (Å²) in [5.41, 5.74) is 1.13. The number of methoxy groups -OCH3 is 1. The molecule has 1 aliphatic rings. The molecule has 0 amide bonds. The second kappa shape index (κ2) is 10.6. The molecule has 118 valence electrons. The van der Waals surface area contributed by atoms with E-state index in [0.717, 1.165) is 31.1 Å². The van der Waals surface area contributed by atoms with Gasteiger partial charge in [-0.25, -0.2) is 0 Å². The van der Waals surface area contributed by atoms with E-state index in [2.05, 4.69) is 51.2 Å². The number of aromatic nitrogens is 1. The van der Waals surface area contributed by atoms with Crippen LogP contribution < -0.4 is 4.74 Å². The third-order valence-corrected chi connectivity index (χ3v) is 6.70. The Morgan fingerprint density at radius 2 is 1.62 bits per heavy atom. The molecule has 6 heteroatoms. The summed E-state index contributed by atoms with van der Waals surface area (Å²) in [6, 6.07) is 4.07. The molecule has 0 atom stereocenters. The molecule has 0 spiro atoms. The van der Waals surface area contributed by atoms with Crippen LogP contribution in [0.3, 0.4) is 0 Å². The quantitative estimate of drug-likeness (QED) is 0.836. The van der Waals surface area contributed by atoms with Gasteiger partial charge in [0, 0.05) is 54.2 Å². The molecule has 1 saturated heterocycles. The third kappa shape index (κ3) is 7.17. The fourth-order valence-electron chi connectivity index (χ4n) is 2.05. The topological polar surface area (TPSA) is 25.4 Å². The van der Waals surface area contributed by atoms with Gasteiger partial charge >= 0.3 is 0 Å². The van der Waals surface area contributed by atoms with Crippen molar-refractivity contribution in [1.82, 2.24) is 9.88 Å². The van der Waals surface area contributed by atoms with E-state index in [1.165, 1.54) is 34.5 Å². The lowest BCUT2D eigenvalue weighted by molar-refractivity contribution is 0.297. The van der Waals surface area contributed by atoms with E-state index >= 15 is 0 Å². The molecule has 0 aromatic carbocycles. The molecule has 3 nitrogen and oxygen atoms in total. The van der Waals surface area contributed by atoms with Gasteiger partial charge in [-0.2, -0.15) is 35.3 Å².